The predicted octanol–water partition coefficient (Wildman–Crippen LogP) is 2.64. The highest BCUT2D eigenvalue weighted by Crippen LogP contribution is 2.32. The number of aliphatic carboxylic acids is 1. The first-order valence-electron chi connectivity index (χ1n) is 5.80. The molecule has 2 heterocycles. The number of carbonyl (C=O) groups excluding carboxylic acids is 1. The van der Waals surface area contributed by atoms with Gasteiger partial charge in [0, 0.05) is 17.8 Å². The maximum absolute atomic E-state index is 13.9. The molecule has 19 heavy (non-hydrogen) atoms. The first kappa shape index (κ1) is 14.5. The Kier molecular flexibility index (Phi) is 3.96. The van der Waals surface area contributed by atoms with Crippen molar-refractivity contribution in [2.45, 2.75) is 24.9 Å². The molecule has 0 bridgehead atoms. The molecular weight excluding hydrogens is 337 g/mol. The first-order valence-corrected chi connectivity index (χ1v) is 7.41. The average Bonchev–Trinajstić information content (AvgIpc) is 2.95. The molecule has 104 valence electrons. The third-order valence-electron chi connectivity index (χ3n) is 3.31. The van der Waals surface area contributed by atoms with Crippen LogP contribution in [-0.4, -0.2) is 40.6 Å². The van der Waals surface area contributed by atoms with Crippen molar-refractivity contribution < 1.29 is 19.1 Å². The monoisotopic (exact) mass is 349 g/mol. The minimum Gasteiger partial charge on any atom is -0.479 e. The fourth-order valence-electron chi connectivity index (χ4n) is 2.09. The molecule has 1 aromatic heterocycles. The van der Waals surface area contributed by atoms with Crippen LogP contribution in [0.5, 0.6) is 0 Å². The van der Waals surface area contributed by atoms with E-state index in [1.807, 2.05) is 12.1 Å². The van der Waals surface area contributed by atoms with Gasteiger partial charge in [-0.25, -0.2) is 9.18 Å². The van der Waals surface area contributed by atoms with Crippen molar-refractivity contribution in [3.8, 4) is 0 Å². The van der Waals surface area contributed by atoms with Crippen LogP contribution in [0.15, 0.2) is 15.9 Å². The van der Waals surface area contributed by atoms with Crippen LogP contribution in [0.2, 0.25) is 0 Å². The van der Waals surface area contributed by atoms with Gasteiger partial charge in [0.05, 0.1) is 16.2 Å². The third-order valence-corrected chi connectivity index (χ3v) is 5.11. The lowest BCUT2D eigenvalue weighted by Crippen LogP contribution is -2.40. The number of likely N-dealkylation sites (tertiary alicyclic amines) is 1. The molecule has 0 saturated carbocycles. The number of amides is 1. The van der Waals surface area contributed by atoms with Gasteiger partial charge in [0.1, 0.15) is 0 Å². The minimum atomic E-state index is -2.30. The minimum absolute atomic E-state index is 0.144. The number of nitrogens with zero attached hydrogens (tertiary/aromatic N) is 1. The van der Waals surface area contributed by atoms with Gasteiger partial charge in [-0.15, -0.1) is 11.3 Å². The standard InChI is InChI=1S/C12H13BrFNO3S/c1-7(8-2-3-9(13)19-8)10(16)15-5-4-12(14,6-15)11(17)18/h2-3,7H,4-6H2,1H3,(H,17,18). The van der Waals surface area contributed by atoms with E-state index in [9.17, 15) is 14.0 Å². The summed E-state index contributed by atoms with van der Waals surface area (Å²) in [5.41, 5.74) is -2.30. The molecule has 1 aliphatic heterocycles. The second-order valence-corrected chi connectivity index (χ2v) is 7.14. The summed E-state index contributed by atoms with van der Waals surface area (Å²) in [7, 11) is 0. The van der Waals surface area contributed by atoms with Crippen molar-refractivity contribution in [2.24, 2.45) is 0 Å². The molecule has 1 N–H and O–H groups in total. The highest BCUT2D eigenvalue weighted by Gasteiger charge is 2.47. The quantitative estimate of drug-likeness (QED) is 0.912. The molecule has 0 aliphatic carbocycles. The average molecular weight is 350 g/mol. The van der Waals surface area contributed by atoms with Crippen molar-refractivity contribution in [1.29, 1.82) is 0 Å². The maximum Gasteiger partial charge on any atom is 0.343 e. The predicted molar refractivity (Wildman–Crippen MR) is 73.1 cm³/mol. The third kappa shape index (κ3) is 2.81. The summed E-state index contributed by atoms with van der Waals surface area (Å²) in [5.74, 6) is -2.10. The number of alkyl halides is 1. The summed E-state index contributed by atoms with van der Waals surface area (Å²) in [6.45, 7) is 1.54. The Bertz CT molecular complexity index is 521. The molecule has 2 atom stereocenters. The highest BCUT2D eigenvalue weighted by molar-refractivity contribution is 9.11. The summed E-state index contributed by atoms with van der Waals surface area (Å²) in [6.07, 6.45) is -0.144. The lowest BCUT2D eigenvalue weighted by Gasteiger charge is -2.21. The van der Waals surface area contributed by atoms with Crippen LogP contribution >= 0.6 is 27.3 Å². The molecule has 2 rings (SSSR count). The number of hydrogen-bond acceptors (Lipinski definition) is 3. The fraction of sp³-hybridized carbons (Fsp3) is 0.500. The van der Waals surface area contributed by atoms with Crippen molar-refractivity contribution in [1.82, 2.24) is 4.90 Å². The van der Waals surface area contributed by atoms with E-state index in [0.29, 0.717) is 0 Å². The zero-order valence-electron chi connectivity index (χ0n) is 10.2. The number of hydrogen-bond donors (Lipinski definition) is 1. The van der Waals surface area contributed by atoms with Crippen LogP contribution in [0.3, 0.4) is 0 Å². The number of carboxylic acids is 1. The number of rotatable bonds is 3. The number of thiophene rings is 1. The van der Waals surface area contributed by atoms with Gasteiger partial charge in [-0.2, -0.15) is 0 Å². The molecule has 2 unspecified atom stereocenters. The van der Waals surface area contributed by atoms with Gasteiger partial charge in [-0.1, -0.05) is 0 Å². The Balaban J connectivity index is 2.07. The smallest absolute Gasteiger partial charge is 0.343 e. The van der Waals surface area contributed by atoms with Gasteiger partial charge < -0.3 is 10.0 Å². The van der Waals surface area contributed by atoms with Gasteiger partial charge in [0.2, 0.25) is 11.6 Å². The van der Waals surface area contributed by atoms with E-state index in [4.69, 9.17) is 5.11 Å². The van der Waals surface area contributed by atoms with E-state index in [0.717, 1.165) is 8.66 Å². The summed E-state index contributed by atoms with van der Waals surface area (Å²) in [5, 5.41) is 8.81. The Labute approximate surface area is 122 Å². The molecule has 4 nitrogen and oxygen atoms in total. The summed E-state index contributed by atoms with van der Waals surface area (Å²) in [6, 6.07) is 3.69. The molecule has 0 spiro atoms. The van der Waals surface area contributed by atoms with E-state index >= 15 is 0 Å². The molecule has 7 heteroatoms. The van der Waals surface area contributed by atoms with Crippen molar-refractivity contribution in [3.63, 3.8) is 0 Å². The van der Waals surface area contributed by atoms with Gasteiger partial charge in [-0.05, 0) is 35.0 Å². The molecule has 0 aromatic carbocycles. The van der Waals surface area contributed by atoms with Crippen molar-refractivity contribution >= 4 is 39.1 Å². The van der Waals surface area contributed by atoms with E-state index in [2.05, 4.69) is 15.9 Å². The van der Waals surface area contributed by atoms with E-state index in [-0.39, 0.29) is 31.3 Å². The molecule has 1 fully saturated rings. The summed E-state index contributed by atoms with van der Waals surface area (Å²) >= 11 is 4.77. The molecule has 0 radical (unpaired) electrons. The van der Waals surface area contributed by atoms with Crippen molar-refractivity contribution in [2.75, 3.05) is 13.1 Å². The zero-order valence-corrected chi connectivity index (χ0v) is 12.6. The Morgan fingerprint density at radius 1 is 1.58 bits per heavy atom. The van der Waals surface area contributed by atoms with Gasteiger partial charge >= 0.3 is 5.97 Å². The lowest BCUT2D eigenvalue weighted by molar-refractivity contribution is -0.150. The van der Waals surface area contributed by atoms with Gasteiger partial charge in [0.25, 0.3) is 0 Å². The number of carboxylic acid groups (broad SMARTS) is 1. The van der Waals surface area contributed by atoms with Crippen LogP contribution in [0, 0.1) is 0 Å². The van der Waals surface area contributed by atoms with E-state index in [1.54, 1.807) is 6.92 Å². The van der Waals surface area contributed by atoms with E-state index in [1.165, 1.54) is 16.2 Å². The lowest BCUT2D eigenvalue weighted by atomic mass is 10.1. The normalized spacial score (nSPS) is 24.5. The topological polar surface area (TPSA) is 57.6 Å². The molecular formula is C12H13BrFNO3S. The second kappa shape index (κ2) is 5.20. The van der Waals surface area contributed by atoms with Gasteiger partial charge in [-0.3, -0.25) is 4.79 Å². The zero-order chi connectivity index (χ0) is 14.2. The second-order valence-electron chi connectivity index (χ2n) is 4.64. The molecule has 1 amide bonds. The van der Waals surface area contributed by atoms with Crippen LogP contribution in [0.4, 0.5) is 4.39 Å². The maximum atomic E-state index is 13.9. The van der Waals surface area contributed by atoms with Crippen LogP contribution in [0.25, 0.3) is 0 Å². The summed E-state index contributed by atoms with van der Waals surface area (Å²) in [4.78, 5) is 25.2. The fourth-order valence-corrected chi connectivity index (χ4v) is 3.56. The highest BCUT2D eigenvalue weighted by atomic mass is 79.9. The van der Waals surface area contributed by atoms with Crippen molar-refractivity contribution in [3.05, 3.63) is 20.8 Å². The Morgan fingerprint density at radius 3 is 2.74 bits per heavy atom. The number of carbonyl (C=O) groups is 2. The molecule has 1 aliphatic rings. The molecule has 1 saturated heterocycles. The number of halogens is 2. The van der Waals surface area contributed by atoms with Crippen LogP contribution in [-0.2, 0) is 9.59 Å². The van der Waals surface area contributed by atoms with E-state index < -0.39 is 11.6 Å². The largest absolute Gasteiger partial charge is 0.479 e. The SMILES string of the molecule is CC(C(=O)N1CCC(F)(C(=O)O)C1)c1ccc(Br)s1. The van der Waals surface area contributed by atoms with Gasteiger partial charge in [0.15, 0.2) is 0 Å². The Hall–Kier alpha value is -0.950. The Morgan fingerprint density at radius 2 is 2.26 bits per heavy atom. The van der Waals surface area contributed by atoms with Crippen LogP contribution in [0.1, 0.15) is 24.1 Å². The first-order chi connectivity index (χ1) is 8.83. The van der Waals surface area contributed by atoms with Crippen LogP contribution < -0.4 is 0 Å². The molecule has 1 aromatic rings. The summed E-state index contributed by atoms with van der Waals surface area (Å²) < 4.78 is 14.8.